The summed E-state index contributed by atoms with van der Waals surface area (Å²) >= 11 is 0. The summed E-state index contributed by atoms with van der Waals surface area (Å²) in [5.41, 5.74) is 1.11. The quantitative estimate of drug-likeness (QED) is 0.327. The Bertz CT molecular complexity index is 428. The summed E-state index contributed by atoms with van der Waals surface area (Å²) in [5, 5.41) is 1.02. The van der Waals surface area contributed by atoms with Crippen LogP contribution in [0, 0.1) is 0 Å². The first kappa shape index (κ1) is 18.6. The van der Waals surface area contributed by atoms with E-state index in [0.717, 1.165) is 5.20 Å². The maximum atomic E-state index is 12.2. The summed E-state index contributed by atoms with van der Waals surface area (Å²) in [6, 6.07) is 0. The molecule has 0 unspecified atom stereocenters. The van der Waals surface area contributed by atoms with Crippen molar-refractivity contribution in [3.63, 3.8) is 0 Å². The standard InChI is InChI=1S/C15H26O4Si/c1-8-18-13(16)10-11(3)14(15(17)19-9-2)12(4)20(5,6)7/h10H,8-9H2,1-7H3/b11-10+,14-12+. The van der Waals surface area contributed by atoms with Gasteiger partial charge < -0.3 is 9.47 Å². The van der Waals surface area contributed by atoms with Gasteiger partial charge in [0.1, 0.15) is 0 Å². The molecule has 0 saturated heterocycles. The average molecular weight is 298 g/mol. The molecule has 0 radical (unpaired) electrons. The smallest absolute Gasteiger partial charge is 0.337 e. The molecule has 0 heterocycles. The van der Waals surface area contributed by atoms with Gasteiger partial charge in [-0.3, -0.25) is 0 Å². The molecule has 0 saturated carbocycles. The maximum absolute atomic E-state index is 12.2. The lowest BCUT2D eigenvalue weighted by atomic mass is 10.1. The van der Waals surface area contributed by atoms with E-state index in [9.17, 15) is 9.59 Å². The lowest BCUT2D eigenvalue weighted by Crippen LogP contribution is -2.27. The first-order valence-electron chi connectivity index (χ1n) is 6.89. The van der Waals surface area contributed by atoms with Gasteiger partial charge in [-0.15, -0.1) is 0 Å². The average Bonchev–Trinajstić information content (AvgIpc) is 2.28. The van der Waals surface area contributed by atoms with Crippen molar-refractivity contribution in [3.8, 4) is 0 Å². The summed E-state index contributed by atoms with van der Waals surface area (Å²) in [4.78, 5) is 23.7. The van der Waals surface area contributed by atoms with E-state index in [-0.39, 0.29) is 5.97 Å². The Labute approximate surface area is 122 Å². The van der Waals surface area contributed by atoms with E-state index >= 15 is 0 Å². The van der Waals surface area contributed by atoms with Crippen molar-refractivity contribution >= 4 is 20.0 Å². The van der Waals surface area contributed by atoms with Gasteiger partial charge in [-0.25, -0.2) is 9.59 Å². The molecular weight excluding hydrogens is 272 g/mol. The van der Waals surface area contributed by atoms with Gasteiger partial charge in [0.05, 0.1) is 26.9 Å². The van der Waals surface area contributed by atoms with Crippen LogP contribution in [0.25, 0.3) is 0 Å². The third kappa shape index (κ3) is 5.73. The highest BCUT2D eigenvalue weighted by Crippen LogP contribution is 2.24. The summed E-state index contributed by atoms with van der Waals surface area (Å²) in [7, 11) is -1.66. The van der Waals surface area contributed by atoms with Crippen molar-refractivity contribution in [2.75, 3.05) is 13.2 Å². The normalized spacial score (nSPS) is 13.7. The van der Waals surface area contributed by atoms with Crippen molar-refractivity contribution in [2.45, 2.75) is 47.3 Å². The number of ether oxygens (including phenoxy) is 2. The molecule has 0 rings (SSSR count). The van der Waals surface area contributed by atoms with Crippen LogP contribution in [-0.2, 0) is 19.1 Å². The predicted octanol–water partition coefficient (Wildman–Crippen LogP) is 3.25. The minimum atomic E-state index is -1.66. The number of rotatable bonds is 6. The van der Waals surface area contributed by atoms with Crippen molar-refractivity contribution in [3.05, 3.63) is 22.4 Å². The fraction of sp³-hybridized carbons (Fsp3) is 0.600. The number of esters is 2. The highest BCUT2D eigenvalue weighted by Gasteiger charge is 2.25. The molecule has 0 aromatic carbocycles. The van der Waals surface area contributed by atoms with Gasteiger partial charge in [-0.05, 0) is 33.3 Å². The van der Waals surface area contributed by atoms with Crippen LogP contribution < -0.4 is 0 Å². The number of hydrogen-bond donors (Lipinski definition) is 0. The van der Waals surface area contributed by atoms with Gasteiger partial charge in [0, 0.05) is 6.08 Å². The van der Waals surface area contributed by atoms with Gasteiger partial charge in [0.15, 0.2) is 0 Å². The van der Waals surface area contributed by atoms with E-state index in [1.807, 2.05) is 6.92 Å². The van der Waals surface area contributed by atoms with E-state index in [4.69, 9.17) is 9.47 Å². The predicted molar refractivity (Wildman–Crippen MR) is 83.1 cm³/mol. The lowest BCUT2D eigenvalue weighted by molar-refractivity contribution is -0.138. The summed E-state index contributed by atoms with van der Waals surface area (Å²) in [6.07, 6.45) is 1.36. The van der Waals surface area contributed by atoms with Crippen molar-refractivity contribution in [1.29, 1.82) is 0 Å². The molecule has 20 heavy (non-hydrogen) atoms. The molecule has 0 aliphatic heterocycles. The Balaban J connectivity index is 5.68. The molecule has 0 amide bonds. The van der Waals surface area contributed by atoms with E-state index in [0.29, 0.717) is 24.4 Å². The molecule has 0 aliphatic carbocycles. The minimum absolute atomic E-state index is 0.313. The fourth-order valence-electron chi connectivity index (χ4n) is 1.62. The topological polar surface area (TPSA) is 52.6 Å². The monoisotopic (exact) mass is 298 g/mol. The maximum Gasteiger partial charge on any atom is 0.337 e. The van der Waals surface area contributed by atoms with Crippen LogP contribution in [0.1, 0.15) is 27.7 Å². The molecule has 0 bridgehead atoms. The summed E-state index contributed by atoms with van der Waals surface area (Å²) in [6.45, 7) is 14.3. The third-order valence-electron chi connectivity index (χ3n) is 2.99. The van der Waals surface area contributed by atoms with Gasteiger partial charge in [-0.2, -0.15) is 0 Å². The molecule has 0 aromatic heterocycles. The third-order valence-corrected chi connectivity index (χ3v) is 5.49. The molecule has 0 fully saturated rings. The lowest BCUT2D eigenvalue weighted by Gasteiger charge is -2.21. The number of carbonyl (C=O) groups is 2. The van der Waals surface area contributed by atoms with E-state index in [2.05, 4.69) is 19.6 Å². The minimum Gasteiger partial charge on any atom is -0.463 e. The number of carbonyl (C=O) groups excluding carboxylic acids is 2. The molecule has 4 nitrogen and oxygen atoms in total. The van der Waals surface area contributed by atoms with E-state index in [1.54, 1.807) is 20.8 Å². The zero-order chi connectivity index (χ0) is 15.9. The largest absolute Gasteiger partial charge is 0.463 e. The summed E-state index contributed by atoms with van der Waals surface area (Å²) in [5.74, 6) is -0.805. The first-order chi connectivity index (χ1) is 9.15. The van der Waals surface area contributed by atoms with E-state index < -0.39 is 14.0 Å². The fourth-order valence-corrected chi connectivity index (χ4v) is 2.67. The van der Waals surface area contributed by atoms with Crippen LogP contribution >= 0.6 is 0 Å². The Kier molecular flexibility index (Phi) is 7.49. The van der Waals surface area contributed by atoms with Crippen LogP contribution in [0.15, 0.2) is 22.4 Å². The Morgan fingerprint density at radius 3 is 1.90 bits per heavy atom. The second-order valence-electron chi connectivity index (χ2n) is 5.55. The first-order valence-corrected chi connectivity index (χ1v) is 10.4. The zero-order valence-electron chi connectivity index (χ0n) is 13.6. The molecule has 5 heteroatoms. The Morgan fingerprint density at radius 2 is 1.50 bits per heavy atom. The Morgan fingerprint density at radius 1 is 1.00 bits per heavy atom. The van der Waals surface area contributed by atoms with Crippen molar-refractivity contribution < 1.29 is 19.1 Å². The van der Waals surface area contributed by atoms with Gasteiger partial charge in [0.2, 0.25) is 0 Å². The Hall–Kier alpha value is -1.36. The SMILES string of the molecule is CCOC(=O)/C=C(C)/C(C(=O)OCC)=C(/C)[Si](C)(C)C. The van der Waals surface area contributed by atoms with E-state index in [1.165, 1.54) is 6.08 Å². The second kappa shape index (κ2) is 8.04. The molecule has 0 atom stereocenters. The van der Waals surface area contributed by atoms with Crippen LogP contribution in [0.2, 0.25) is 19.6 Å². The van der Waals surface area contributed by atoms with Crippen molar-refractivity contribution in [1.82, 2.24) is 0 Å². The summed E-state index contributed by atoms with van der Waals surface area (Å²) < 4.78 is 10.0. The second-order valence-corrected chi connectivity index (χ2v) is 10.8. The highest BCUT2D eigenvalue weighted by atomic mass is 28.3. The van der Waals surface area contributed by atoms with Gasteiger partial charge in [0.25, 0.3) is 0 Å². The molecule has 114 valence electrons. The van der Waals surface area contributed by atoms with Gasteiger partial charge in [-0.1, -0.05) is 24.8 Å². The molecule has 0 spiro atoms. The van der Waals surface area contributed by atoms with Crippen LogP contribution in [0.5, 0.6) is 0 Å². The molecule has 0 aliphatic rings. The zero-order valence-corrected chi connectivity index (χ0v) is 14.6. The highest BCUT2D eigenvalue weighted by molar-refractivity contribution is 6.83. The number of allylic oxidation sites excluding steroid dienone is 1. The van der Waals surface area contributed by atoms with Crippen molar-refractivity contribution in [2.24, 2.45) is 0 Å². The molecule has 0 aromatic rings. The van der Waals surface area contributed by atoms with Crippen LogP contribution in [0.4, 0.5) is 0 Å². The van der Waals surface area contributed by atoms with Crippen LogP contribution in [0.3, 0.4) is 0 Å². The number of hydrogen-bond acceptors (Lipinski definition) is 4. The van der Waals surface area contributed by atoms with Crippen LogP contribution in [-0.4, -0.2) is 33.2 Å². The molecule has 0 N–H and O–H groups in total. The molecular formula is C15H26O4Si. The van der Waals surface area contributed by atoms with Gasteiger partial charge >= 0.3 is 11.9 Å².